The van der Waals surface area contributed by atoms with Crippen molar-refractivity contribution in [3.05, 3.63) is 0 Å². The van der Waals surface area contributed by atoms with Crippen LogP contribution in [0.2, 0.25) is 0 Å². The summed E-state index contributed by atoms with van der Waals surface area (Å²) in [6.45, 7) is 6.49. The fourth-order valence-corrected chi connectivity index (χ4v) is 1.76. The van der Waals surface area contributed by atoms with Gasteiger partial charge in [-0.05, 0) is 20.8 Å². The summed E-state index contributed by atoms with van der Waals surface area (Å²) in [5, 5.41) is 9.14. The summed E-state index contributed by atoms with van der Waals surface area (Å²) in [7, 11) is 1.59. The van der Waals surface area contributed by atoms with Crippen LogP contribution in [0.3, 0.4) is 0 Å². The van der Waals surface area contributed by atoms with Crippen LogP contribution in [0.1, 0.15) is 20.8 Å². The van der Waals surface area contributed by atoms with Gasteiger partial charge in [0.1, 0.15) is 5.60 Å². The monoisotopic (exact) mass is 231 g/mol. The number of hydrogen-bond donors (Lipinski definition) is 1. The molecular weight excluding hydrogens is 210 g/mol. The molecule has 1 amide bonds. The number of methoxy groups -OCH3 is 1. The van der Waals surface area contributed by atoms with Gasteiger partial charge in [0, 0.05) is 19.6 Å². The molecule has 0 spiro atoms. The highest BCUT2D eigenvalue weighted by atomic mass is 16.6. The van der Waals surface area contributed by atoms with Crippen LogP contribution in [0.15, 0.2) is 0 Å². The number of amides is 1. The van der Waals surface area contributed by atoms with Crippen molar-refractivity contribution in [2.24, 2.45) is 5.92 Å². The molecule has 1 aliphatic rings. The number of aliphatic hydroxyl groups is 1. The van der Waals surface area contributed by atoms with E-state index < -0.39 is 5.60 Å². The van der Waals surface area contributed by atoms with Crippen LogP contribution >= 0.6 is 0 Å². The number of carbonyl (C=O) groups excluding carboxylic acids is 1. The number of aliphatic hydroxyl groups excluding tert-OH is 1. The van der Waals surface area contributed by atoms with Crippen LogP contribution in [-0.4, -0.2) is 54.6 Å². The number of likely N-dealkylation sites (tertiary alicyclic amines) is 1. The molecule has 0 aromatic carbocycles. The molecule has 0 bridgehead atoms. The predicted molar refractivity (Wildman–Crippen MR) is 59.2 cm³/mol. The van der Waals surface area contributed by atoms with Crippen molar-refractivity contribution in [2.45, 2.75) is 32.5 Å². The Hall–Kier alpha value is -0.810. The molecule has 0 aromatic rings. The topological polar surface area (TPSA) is 59.0 Å². The van der Waals surface area contributed by atoms with Gasteiger partial charge in [0.2, 0.25) is 0 Å². The molecule has 1 saturated heterocycles. The molecule has 1 heterocycles. The standard InChI is InChI=1S/C11H21NO4/c1-11(2,3)16-10(14)12-5-8(7-13)9(6-12)15-4/h8-9,13H,5-7H2,1-4H3/t8-,9-/m0/s1. The second kappa shape index (κ2) is 5.01. The Labute approximate surface area is 96.3 Å². The van der Waals surface area contributed by atoms with Crippen LogP contribution in [0.4, 0.5) is 4.79 Å². The maximum atomic E-state index is 11.8. The Bertz CT molecular complexity index is 237. The molecule has 0 saturated carbocycles. The second-order valence-electron chi connectivity index (χ2n) is 5.10. The van der Waals surface area contributed by atoms with Gasteiger partial charge < -0.3 is 19.5 Å². The summed E-state index contributed by atoms with van der Waals surface area (Å²) in [5.74, 6) is -0.0162. The lowest BCUT2D eigenvalue weighted by atomic mass is 10.1. The molecule has 0 radical (unpaired) electrons. The van der Waals surface area contributed by atoms with Crippen LogP contribution < -0.4 is 0 Å². The molecule has 0 aromatic heterocycles. The van der Waals surface area contributed by atoms with Crippen LogP contribution in [0.25, 0.3) is 0 Å². The van der Waals surface area contributed by atoms with Gasteiger partial charge in [-0.3, -0.25) is 0 Å². The summed E-state index contributed by atoms with van der Waals surface area (Å²) < 4.78 is 10.5. The van der Waals surface area contributed by atoms with Gasteiger partial charge in [0.25, 0.3) is 0 Å². The van der Waals surface area contributed by atoms with Crippen LogP contribution in [0.5, 0.6) is 0 Å². The van der Waals surface area contributed by atoms with E-state index in [9.17, 15) is 4.79 Å². The van der Waals surface area contributed by atoms with Gasteiger partial charge in [0.15, 0.2) is 0 Å². The maximum Gasteiger partial charge on any atom is 0.410 e. The number of nitrogens with zero attached hydrogens (tertiary/aromatic N) is 1. The fraction of sp³-hybridized carbons (Fsp3) is 0.909. The van der Waals surface area contributed by atoms with Gasteiger partial charge in [-0.1, -0.05) is 0 Å². The molecular formula is C11H21NO4. The minimum Gasteiger partial charge on any atom is -0.444 e. The minimum absolute atomic E-state index is 0.0162. The number of hydrogen-bond acceptors (Lipinski definition) is 4. The molecule has 1 N–H and O–H groups in total. The van der Waals surface area contributed by atoms with Gasteiger partial charge >= 0.3 is 6.09 Å². The van der Waals surface area contributed by atoms with E-state index in [4.69, 9.17) is 14.6 Å². The zero-order valence-corrected chi connectivity index (χ0v) is 10.4. The Morgan fingerprint density at radius 1 is 1.44 bits per heavy atom. The van der Waals surface area contributed by atoms with Crippen molar-refractivity contribution in [1.29, 1.82) is 0 Å². The highest BCUT2D eigenvalue weighted by molar-refractivity contribution is 5.68. The lowest BCUT2D eigenvalue weighted by molar-refractivity contribution is 0.0249. The van der Waals surface area contributed by atoms with Crippen molar-refractivity contribution in [3.8, 4) is 0 Å². The average Bonchev–Trinajstić information content (AvgIpc) is 2.57. The largest absolute Gasteiger partial charge is 0.444 e. The molecule has 1 fully saturated rings. The first kappa shape index (κ1) is 13.3. The smallest absolute Gasteiger partial charge is 0.410 e. The molecule has 5 nitrogen and oxygen atoms in total. The summed E-state index contributed by atoms with van der Waals surface area (Å²) in [5.41, 5.74) is -0.489. The normalized spacial score (nSPS) is 25.9. The molecule has 2 atom stereocenters. The van der Waals surface area contributed by atoms with E-state index in [1.807, 2.05) is 20.8 Å². The Balaban J connectivity index is 2.54. The summed E-state index contributed by atoms with van der Waals surface area (Å²) >= 11 is 0. The number of ether oxygens (including phenoxy) is 2. The SMILES string of the molecule is CO[C@H]1CN(C(=O)OC(C)(C)C)C[C@H]1CO. The number of rotatable bonds is 2. The van der Waals surface area contributed by atoms with Crippen molar-refractivity contribution in [3.63, 3.8) is 0 Å². The molecule has 16 heavy (non-hydrogen) atoms. The molecule has 94 valence electrons. The van der Waals surface area contributed by atoms with Gasteiger partial charge in [-0.2, -0.15) is 0 Å². The van der Waals surface area contributed by atoms with E-state index in [2.05, 4.69) is 0 Å². The molecule has 0 unspecified atom stereocenters. The van der Waals surface area contributed by atoms with Gasteiger partial charge in [-0.25, -0.2) is 4.79 Å². The van der Waals surface area contributed by atoms with Crippen molar-refractivity contribution < 1.29 is 19.4 Å². The molecule has 1 aliphatic heterocycles. The van der Waals surface area contributed by atoms with Crippen LogP contribution in [0, 0.1) is 5.92 Å². The summed E-state index contributed by atoms with van der Waals surface area (Å²) in [6, 6.07) is 0. The van der Waals surface area contributed by atoms with Crippen LogP contribution in [-0.2, 0) is 9.47 Å². The summed E-state index contributed by atoms with van der Waals surface area (Å²) in [6.07, 6.45) is -0.442. The van der Waals surface area contributed by atoms with Gasteiger partial charge in [0.05, 0.1) is 19.3 Å². The second-order valence-corrected chi connectivity index (χ2v) is 5.10. The highest BCUT2D eigenvalue weighted by Gasteiger charge is 2.36. The van der Waals surface area contributed by atoms with E-state index in [-0.39, 0.29) is 24.7 Å². The van der Waals surface area contributed by atoms with E-state index >= 15 is 0 Å². The Morgan fingerprint density at radius 2 is 2.06 bits per heavy atom. The Kier molecular flexibility index (Phi) is 4.15. The van der Waals surface area contributed by atoms with Crippen molar-refractivity contribution in [1.82, 2.24) is 4.90 Å². The first-order chi connectivity index (χ1) is 7.37. The zero-order chi connectivity index (χ0) is 12.3. The van der Waals surface area contributed by atoms with E-state index in [1.165, 1.54) is 0 Å². The third-order valence-corrected chi connectivity index (χ3v) is 2.57. The molecule has 1 rings (SSSR count). The average molecular weight is 231 g/mol. The quantitative estimate of drug-likeness (QED) is 0.765. The Morgan fingerprint density at radius 3 is 2.44 bits per heavy atom. The summed E-state index contributed by atoms with van der Waals surface area (Å²) in [4.78, 5) is 13.3. The zero-order valence-electron chi connectivity index (χ0n) is 10.4. The lowest BCUT2D eigenvalue weighted by Gasteiger charge is -2.24. The first-order valence-electron chi connectivity index (χ1n) is 5.49. The van der Waals surface area contributed by atoms with Crippen molar-refractivity contribution in [2.75, 3.05) is 26.8 Å². The van der Waals surface area contributed by atoms with E-state index in [0.29, 0.717) is 13.1 Å². The fourth-order valence-electron chi connectivity index (χ4n) is 1.76. The highest BCUT2D eigenvalue weighted by Crippen LogP contribution is 2.21. The lowest BCUT2D eigenvalue weighted by Crippen LogP contribution is -2.36. The van der Waals surface area contributed by atoms with E-state index in [1.54, 1.807) is 12.0 Å². The molecule has 5 heteroatoms. The third kappa shape index (κ3) is 3.35. The minimum atomic E-state index is -0.489. The van der Waals surface area contributed by atoms with Gasteiger partial charge in [-0.15, -0.1) is 0 Å². The predicted octanol–water partition coefficient (Wildman–Crippen LogP) is 0.861. The van der Waals surface area contributed by atoms with E-state index in [0.717, 1.165) is 0 Å². The third-order valence-electron chi connectivity index (χ3n) is 2.57. The maximum absolute atomic E-state index is 11.8. The van der Waals surface area contributed by atoms with Crippen molar-refractivity contribution >= 4 is 6.09 Å². The molecule has 0 aliphatic carbocycles. The first-order valence-corrected chi connectivity index (χ1v) is 5.49. The number of carbonyl (C=O) groups is 1.